The van der Waals surface area contributed by atoms with E-state index in [0.29, 0.717) is 12.3 Å². The number of benzene rings is 1. The fraction of sp³-hybridized carbons (Fsp3) is 0.556. The quantitative estimate of drug-likeness (QED) is 0.877. The summed E-state index contributed by atoms with van der Waals surface area (Å²) in [5, 5.41) is 2.95. The molecule has 5 heteroatoms. The number of methoxy groups -OCH3 is 1. The Morgan fingerprint density at radius 3 is 2.70 bits per heavy atom. The van der Waals surface area contributed by atoms with Crippen molar-refractivity contribution in [1.29, 1.82) is 0 Å². The second-order valence-electron chi connectivity index (χ2n) is 6.21. The highest BCUT2D eigenvalue weighted by Crippen LogP contribution is 2.22. The summed E-state index contributed by atoms with van der Waals surface area (Å²) >= 11 is 0. The Morgan fingerprint density at radius 1 is 1.30 bits per heavy atom. The highest BCUT2D eigenvalue weighted by atomic mass is 16.5. The lowest BCUT2D eigenvalue weighted by atomic mass is 9.92. The van der Waals surface area contributed by atoms with Crippen LogP contribution in [-0.4, -0.2) is 43.5 Å². The molecule has 1 aliphatic heterocycles. The van der Waals surface area contributed by atoms with E-state index in [1.165, 1.54) is 7.11 Å². The van der Waals surface area contributed by atoms with Gasteiger partial charge in [-0.25, -0.2) is 0 Å². The molecule has 0 spiro atoms. The zero-order valence-corrected chi connectivity index (χ0v) is 14.0. The van der Waals surface area contributed by atoms with Crippen molar-refractivity contribution in [2.75, 3.05) is 32.1 Å². The van der Waals surface area contributed by atoms with Crippen molar-refractivity contribution >= 4 is 17.5 Å². The molecule has 1 fully saturated rings. The Kier molecular flexibility index (Phi) is 6.59. The molecule has 2 amide bonds. The summed E-state index contributed by atoms with van der Waals surface area (Å²) in [7, 11) is 1.54. The van der Waals surface area contributed by atoms with Crippen LogP contribution in [0.4, 0.5) is 5.69 Å². The third-order valence-electron chi connectivity index (χ3n) is 4.32. The molecule has 0 atom stereocenters. The third kappa shape index (κ3) is 5.67. The fourth-order valence-electron chi connectivity index (χ4n) is 2.97. The molecule has 0 unspecified atom stereocenters. The molecule has 23 heavy (non-hydrogen) atoms. The summed E-state index contributed by atoms with van der Waals surface area (Å²) in [5.74, 6) is 0.640. The van der Waals surface area contributed by atoms with Crippen LogP contribution in [0.5, 0.6) is 0 Å². The zero-order chi connectivity index (χ0) is 16.7. The Bertz CT molecular complexity index is 537. The van der Waals surface area contributed by atoms with Gasteiger partial charge in [0, 0.05) is 32.3 Å². The van der Waals surface area contributed by atoms with E-state index < -0.39 is 0 Å². The number of hydrogen-bond donors (Lipinski definition) is 1. The van der Waals surface area contributed by atoms with E-state index in [1.807, 2.05) is 36.1 Å². The van der Waals surface area contributed by atoms with Gasteiger partial charge in [0.25, 0.3) is 0 Å². The standard InChI is InChI=1S/C18H26N2O3/c1-14-4-3-5-16(12-14)19-17(21)7-6-15-8-10-20(11-9-15)18(22)13-23-2/h3-5,12,15H,6-11,13H2,1-2H3,(H,19,21). The van der Waals surface area contributed by atoms with Crippen LogP contribution >= 0.6 is 0 Å². The van der Waals surface area contributed by atoms with Gasteiger partial charge in [-0.2, -0.15) is 0 Å². The number of aryl methyl sites for hydroxylation is 1. The maximum Gasteiger partial charge on any atom is 0.248 e. The van der Waals surface area contributed by atoms with Crippen LogP contribution in [0.15, 0.2) is 24.3 Å². The molecule has 1 heterocycles. The summed E-state index contributed by atoms with van der Waals surface area (Å²) in [6.45, 7) is 3.70. The average Bonchev–Trinajstić information content (AvgIpc) is 2.54. The minimum atomic E-state index is 0.0585. The van der Waals surface area contributed by atoms with Gasteiger partial charge in [0.15, 0.2) is 0 Å². The predicted molar refractivity (Wildman–Crippen MR) is 90.2 cm³/mol. The molecular weight excluding hydrogens is 292 g/mol. The Balaban J connectivity index is 1.69. The molecule has 0 aliphatic carbocycles. The van der Waals surface area contributed by atoms with Crippen molar-refractivity contribution in [2.24, 2.45) is 5.92 Å². The molecule has 126 valence electrons. The number of hydrogen-bond acceptors (Lipinski definition) is 3. The van der Waals surface area contributed by atoms with Crippen molar-refractivity contribution in [3.8, 4) is 0 Å². The van der Waals surface area contributed by atoms with Gasteiger partial charge in [0.05, 0.1) is 0 Å². The first kappa shape index (κ1) is 17.5. The lowest BCUT2D eigenvalue weighted by molar-refractivity contribution is -0.136. The van der Waals surface area contributed by atoms with Gasteiger partial charge >= 0.3 is 0 Å². The van der Waals surface area contributed by atoms with Crippen LogP contribution in [0.25, 0.3) is 0 Å². The van der Waals surface area contributed by atoms with Crippen molar-refractivity contribution in [1.82, 2.24) is 4.90 Å². The Labute approximate surface area is 138 Å². The predicted octanol–water partition coefficient (Wildman–Crippen LogP) is 2.60. The maximum atomic E-state index is 12.0. The second kappa shape index (κ2) is 8.67. The molecule has 0 saturated carbocycles. The monoisotopic (exact) mass is 318 g/mol. The summed E-state index contributed by atoms with van der Waals surface area (Å²) in [6.07, 6.45) is 3.34. The van der Waals surface area contributed by atoms with Crippen molar-refractivity contribution < 1.29 is 14.3 Å². The molecule has 1 aliphatic rings. The first-order chi connectivity index (χ1) is 11.1. The van der Waals surface area contributed by atoms with Crippen molar-refractivity contribution in [3.05, 3.63) is 29.8 Å². The third-order valence-corrected chi connectivity index (χ3v) is 4.32. The van der Waals surface area contributed by atoms with Crippen molar-refractivity contribution in [2.45, 2.75) is 32.6 Å². The second-order valence-corrected chi connectivity index (χ2v) is 6.21. The number of carbonyl (C=O) groups excluding carboxylic acids is 2. The van der Waals surface area contributed by atoms with Gasteiger partial charge in [-0.3, -0.25) is 9.59 Å². The van der Waals surface area contributed by atoms with Gasteiger partial charge in [-0.1, -0.05) is 12.1 Å². The van der Waals surface area contributed by atoms with Crippen LogP contribution in [0.3, 0.4) is 0 Å². The Hall–Kier alpha value is -1.88. The highest BCUT2D eigenvalue weighted by molar-refractivity contribution is 5.90. The zero-order valence-electron chi connectivity index (χ0n) is 14.0. The molecule has 1 N–H and O–H groups in total. The van der Waals surface area contributed by atoms with Crippen LogP contribution in [0.2, 0.25) is 0 Å². The SMILES string of the molecule is COCC(=O)N1CCC(CCC(=O)Nc2cccc(C)c2)CC1. The first-order valence-electron chi connectivity index (χ1n) is 8.21. The smallest absolute Gasteiger partial charge is 0.248 e. The molecule has 0 radical (unpaired) electrons. The number of rotatable bonds is 6. The van der Waals surface area contributed by atoms with E-state index in [4.69, 9.17) is 4.74 Å². The van der Waals surface area contributed by atoms with E-state index in [9.17, 15) is 9.59 Å². The topological polar surface area (TPSA) is 58.6 Å². The van der Waals surface area contributed by atoms with E-state index in [1.54, 1.807) is 0 Å². The van der Waals surface area contributed by atoms with E-state index in [0.717, 1.165) is 43.6 Å². The lowest BCUT2D eigenvalue weighted by Gasteiger charge is -2.31. The number of ether oxygens (including phenoxy) is 1. The van der Waals surface area contributed by atoms with Gasteiger partial charge in [0.1, 0.15) is 6.61 Å². The molecule has 1 aromatic carbocycles. The molecule has 0 aromatic heterocycles. The Morgan fingerprint density at radius 2 is 2.04 bits per heavy atom. The van der Waals surface area contributed by atoms with Gasteiger partial charge in [-0.05, 0) is 49.8 Å². The number of likely N-dealkylation sites (tertiary alicyclic amines) is 1. The number of piperidine rings is 1. The maximum absolute atomic E-state index is 12.0. The van der Waals surface area contributed by atoms with E-state index in [-0.39, 0.29) is 18.4 Å². The van der Waals surface area contributed by atoms with Crippen molar-refractivity contribution in [3.63, 3.8) is 0 Å². The minimum absolute atomic E-state index is 0.0585. The summed E-state index contributed by atoms with van der Waals surface area (Å²) in [5.41, 5.74) is 1.99. The van der Waals surface area contributed by atoms with Gasteiger partial charge in [0.2, 0.25) is 11.8 Å². The van der Waals surface area contributed by atoms with E-state index in [2.05, 4.69) is 5.32 Å². The largest absolute Gasteiger partial charge is 0.375 e. The number of anilines is 1. The molecular formula is C18H26N2O3. The van der Waals surface area contributed by atoms with Crippen LogP contribution in [0.1, 0.15) is 31.2 Å². The molecule has 1 aromatic rings. The lowest BCUT2D eigenvalue weighted by Crippen LogP contribution is -2.40. The summed E-state index contributed by atoms with van der Waals surface area (Å²) in [6, 6.07) is 7.83. The molecule has 5 nitrogen and oxygen atoms in total. The summed E-state index contributed by atoms with van der Waals surface area (Å²) in [4.78, 5) is 25.6. The van der Waals surface area contributed by atoms with Crippen LogP contribution in [-0.2, 0) is 14.3 Å². The average molecular weight is 318 g/mol. The number of nitrogens with one attached hydrogen (secondary N) is 1. The fourth-order valence-corrected chi connectivity index (χ4v) is 2.97. The number of nitrogens with zero attached hydrogens (tertiary/aromatic N) is 1. The number of amides is 2. The minimum Gasteiger partial charge on any atom is -0.375 e. The molecule has 1 saturated heterocycles. The van der Waals surface area contributed by atoms with E-state index >= 15 is 0 Å². The molecule has 0 bridgehead atoms. The van der Waals surface area contributed by atoms with Crippen LogP contribution in [0, 0.1) is 12.8 Å². The number of carbonyl (C=O) groups is 2. The van der Waals surface area contributed by atoms with Gasteiger partial charge in [-0.15, -0.1) is 0 Å². The van der Waals surface area contributed by atoms with Crippen LogP contribution < -0.4 is 5.32 Å². The van der Waals surface area contributed by atoms with Gasteiger partial charge < -0.3 is 15.0 Å². The normalized spacial score (nSPS) is 15.5. The first-order valence-corrected chi connectivity index (χ1v) is 8.21. The molecule has 2 rings (SSSR count). The summed E-state index contributed by atoms with van der Waals surface area (Å²) < 4.78 is 4.88. The highest BCUT2D eigenvalue weighted by Gasteiger charge is 2.22.